The molecule has 36 heavy (non-hydrogen) atoms. The fraction of sp³-hybridized carbons (Fsp3) is 0.292. The second kappa shape index (κ2) is 13.0. The average Bonchev–Trinajstić information content (AvgIpc) is 3.27. The van der Waals surface area contributed by atoms with Crippen LogP contribution in [0.5, 0.6) is 0 Å². The number of hydrogen-bond acceptors (Lipinski definition) is 11. The highest BCUT2D eigenvalue weighted by Gasteiger charge is 2.19. The standard InChI is InChI=1S/C24H26N4O7S/c1-15(2)23(30)34-12-10-27(11-13-35-24(31)16(3)4)19-8-6-18(7-9-19)25-26-22-20(17(5)29)14-21(36-22)28(32)33/h6-9,14H,1,3,10-13H2,2,4-5H3/b26-25+. The minimum absolute atomic E-state index is 0.0898. The van der Waals surface area contributed by atoms with Crippen LogP contribution in [0.3, 0.4) is 0 Å². The molecule has 1 aromatic carbocycles. The number of nitro groups is 1. The highest BCUT2D eigenvalue weighted by molar-refractivity contribution is 7.19. The van der Waals surface area contributed by atoms with Gasteiger partial charge in [0.1, 0.15) is 13.2 Å². The van der Waals surface area contributed by atoms with E-state index in [4.69, 9.17) is 9.47 Å². The van der Waals surface area contributed by atoms with Crippen LogP contribution in [0.1, 0.15) is 31.1 Å². The minimum Gasteiger partial charge on any atom is -0.460 e. The number of carbonyl (C=O) groups is 3. The largest absolute Gasteiger partial charge is 0.460 e. The van der Waals surface area contributed by atoms with Crippen LogP contribution < -0.4 is 4.90 Å². The molecule has 0 saturated heterocycles. The molecular weight excluding hydrogens is 488 g/mol. The van der Waals surface area contributed by atoms with Crippen LogP contribution in [-0.2, 0) is 19.1 Å². The molecule has 2 rings (SSSR count). The summed E-state index contributed by atoms with van der Waals surface area (Å²) < 4.78 is 10.3. The second-order valence-electron chi connectivity index (χ2n) is 7.65. The zero-order chi connectivity index (χ0) is 26.8. The first kappa shape index (κ1) is 28.1. The van der Waals surface area contributed by atoms with Crippen LogP contribution in [-0.4, -0.2) is 48.9 Å². The van der Waals surface area contributed by atoms with Gasteiger partial charge in [-0.25, -0.2) is 9.59 Å². The molecule has 11 nitrogen and oxygen atoms in total. The Hall–Kier alpha value is -4.19. The Labute approximate surface area is 211 Å². The lowest BCUT2D eigenvalue weighted by molar-refractivity contribution is -0.380. The molecule has 0 fully saturated rings. The maximum Gasteiger partial charge on any atom is 0.333 e. The quantitative estimate of drug-likeness (QED) is 0.0873. The number of esters is 2. The molecule has 0 radical (unpaired) electrons. The van der Waals surface area contributed by atoms with Gasteiger partial charge in [-0.15, -0.1) is 10.2 Å². The first-order chi connectivity index (χ1) is 17.0. The van der Waals surface area contributed by atoms with Gasteiger partial charge >= 0.3 is 16.9 Å². The van der Waals surface area contributed by atoms with Crippen LogP contribution in [0, 0.1) is 10.1 Å². The topological polar surface area (TPSA) is 141 Å². The molecule has 0 amide bonds. The minimum atomic E-state index is -0.583. The normalized spacial score (nSPS) is 10.6. The molecular formula is C24H26N4O7S. The van der Waals surface area contributed by atoms with Gasteiger partial charge in [-0.1, -0.05) is 13.2 Å². The predicted molar refractivity (Wildman–Crippen MR) is 135 cm³/mol. The zero-order valence-electron chi connectivity index (χ0n) is 20.2. The number of nitrogens with zero attached hydrogens (tertiary/aromatic N) is 4. The maximum absolute atomic E-state index is 11.8. The van der Waals surface area contributed by atoms with Crippen molar-refractivity contribution in [1.29, 1.82) is 0 Å². The lowest BCUT2D eigenvalue weighted by Gasteiger charge is -2.24. The summed E-state index contributed by atoms with van der Waals surface area (Å²) in [7, 11) is 0. The molecule has 0 aliphatic heterocycles. The number of anilines is 1. The predicted octanol–water partition coefficient (Wildman–Crippen LogP) is 5.32. The number of thiophene rings is 1. The van der Waals surface area contributed by atoms with E-state index in [1.54, 1.807) is 38.1 Å². The Balaban J connectivity index is 2.15. The number of rotatable bonds is 13. The number of carbonyl (C=O) groups excluding carboxylic acids is 3. The summed E-state index contributed by atoms with van der Waals surface area (Å²) in [4.78, 5) is 47.4. The lowest BCUT2D eigenvalue weighted by atomic mass is 10.2. The van der Waals surface area contributed by atoms with Crippen molar-refractivity contribution < 1.29 is 28.8 Å². The number of Topliss-reactive ketones (excluding diaryl/α,β-unsaturated/α-hetero) is 1. The fourth-order valence-corrected chi connectivity index (χ4v) is 3.58. The van der Waals surface area contributed by atoms with Crippen molar-refractivity contribution in [3.8, 4) is 0 Å². The zero-order valence-corrected chi connectivity index (χ0v) is 21.0. The first-order valence-corrected chi connectivity index (χ1v) is 11.5. The van der Waals surface area contributed by atoms with Gasteiger partial charge in [0, 0.05) is 22.9 Å². The number of ketones is 1. The van der Waals surface area contributed by atoms with E-state index in [1.807, 2.05) is 4.90 Å². The number of hydrogen-bond donors (Lipinski definition) is 0. The Kier molecular flexibility index (Phi) is 10.2. The van der Waals surface area contributed by atoms with E-state index in [1.165, 1.54) is 13.0 Å². The van der Waals surface area contributed by atoms with E-state index in [0.717, 1.165) is 17.0 Å². The van der Waals surface area contributed by atoms with Crippen molar-refractivity contribution in [3.63, 3.8) is 0 Å². The summed E-state index contributed by atoms with van der Waals surface area (Å²) in [6.45, 7) is 12.3. The molecule has 0 unspecified atom stereocenters. The maximum atomic E-state index is 11.8. The Bertz CT molecular complexity index is 1170. The Morgan fingerprint density at radius 1 is 0.972 bits per heavy atom. The third-order valence-corrected chi connectivity index (χ3v) is 5.59. The van der Waals surface area contributed by atoms with Crippen molar-refractivity contribution in [2.24, 2.45) is 10.2 Å². The smallest absolute Gasteiger partial charge is 0.333 e. The molecule has 0 aliphatic rings. The molecule has 1 heterocycles. The molecule has 0 bridgehead atoms. The SMILES string of the molecule is C=C(C)C(=O)OCCN(CCOC(=O)C(=C)C)c1ccc(/N=N/c2sc([N+](=O)[O-])cc2C(C)=O)cc1. The second-order valence-corrected chi connectivity index (χ2v) is 8.66. The van der Waals surface area contributed by atoms with Crippen molar-refractivity contribution >= 4 is 50.4 Å². The summed E-state index contributed by atoms with van der Waals surface area (Å²) in [5, 5.41) is 19.1. The van der Waals surface area contributed by atoms with Crippen LogP contribution in [0.4, 0.5) is 21.4 Å². The van der Waals surface area contributed by atoms with Crippen molar-refractivity contribution in [2.75, 3.05) is 31.2 Å². The number of benzene rings is 1. The molecule has 1 aromatic heterocycles. The average molecular weight is 515 g/mol. The van der Waals surface area contributed by atoms with E-state index in [0.29, 0.717) is 18.8 Å². The molecule has 0 saturated carbocycles. The van der Waals surface area contributed by atoms with Crippen LogP contribution in [0.2, 0.25) is 0 Å². The van der Waals surface area contributed by atoms with Crippen LogP contribution in [0.15, 0.2) is 64.9 Å². The van der Waals surface area contributed by atoms with Crippen LogP contribution in [0.25, 0.3) is 0 Å². The van der Waals surface area contributed by atoms with Gasteiger partial charge in [0.25, 0.3) is 0 Å². The molecule has 0 aliphatic carbocycles. The van der Waals surface area contributed by atoms with Crippen molar-refractivity contribution in [3.05, 3.63) is 70.3 Å². The molecule has 0 N–H and O–H groups in total. The van der Waals surface area contributed by atoms with Gasteiger partial charge in [0.05, 0.1) is 29.3 Å². The van der Waals surface area contributed by atoms with E-state index in [-0.39, 0.29) is 45.7 Å². The summed E-state index contributed by atoms with van der Waals surface area (Å²) in [5.74, 6) is -1.35. The van der Waals surface area contributed by atoms with Gasteiger partial charge in [0.15, 0.2) is 10.8 Å². The third-order valence-electron chi connectivity index (χ3n) is 4.62. The molecule has 0 spiro atoms. The van der Waals surface area contributed by atoms with E-state index in [2.05, 4.69) is 23.4 Å². The number of ether oxygens (including phenoxy) is 2. The fourth-order valence-electron chi connectivity index (χ4n) is 2.73. The molecule has 2 aromatic rings. The summed E-state index contributed by atoms with van der Waals surface area (Å²) >= 11 is 0.766. The van der Waals surface area contributed by atoms with Crippen molar-refractivity contribution in [1.82, 2.24) is 0 Å². The highest BCUT2D eigenvalue weighted by atomic mass is 32.1. The summed E-state index contributed by atoms with van der Waals surface area (Å²) in [6.07, 6.45) is 0. The van der Waals surface area contributed by atoms with Gasteiger partial charge in [0.2, 0.25) is 0 Å². The van der Waals surface area contributed by atoms with E-state index < -0.39 is 16.9 Å². The summed E-state index contributed by atoms with van der Waals surface area (Å²) in [6, 6.07) is 8.02. The summed E-state index contributed by atoms with van der Waals surface area (Å²) in [5.41, 5.74) is 1.90. The lowest BCUT2D eigenvalue weighted by Crippen LogP contribution is -2.32. The van der Waals surface area contributed by atoms with Gasteiger partial charge in [-0.3, -0.25) is 14.9 Å². The number of azo groups is 1. The monoisotopic (exact) mass is 514 g/mol. The molecule has 12 heteroatoms. The Morgan fingerprint density at radius 3 is 1.94 bits per heavy atom. The third kappa shape index (κ3) is 8.24. The van der Waals surface area contributed by atoms with Gasteiger partial charge in [-0.05, 0) is 56.4 Å². The van der Waals surface area contributed by atoms with Gasteiger partial charge in [-0.2, -0.15) is 0 Å². The van der Waals surface area contributed by atoms with Gasteiger partial charge < -0.3 is 14.4 Å². The molecule has 190 valence electrons. The van der Waals surface area contributed by atoms with Crippen LogP contribution >= 0.6 is 11.3 Å². The van der Waals surface area contributed by atoms with Crippen molar-refractivity contribution in [2.45, 2.75) is 20.8 Å². The molecule has 0 atom stereocenters. The first-order valence-electron chi connectivity index (χ1n) is 10.7. The highest BCUT2D eigenvalue weighted by Crippen LogP contribution is 2.37. The van der Waals surface area contributed by atoms with E-state index in [9.17, 15) is 24.5 Å². The Morgan fingerprint density at radius 2 is 1.50 bits per heavy atom. The van der Waals surface area contributed by atoms with E-state index >= 15 is 0 Å².